The van der Waals surface area contributed by atoms with Gasteiger partial charge in [-0.3, -0.25) is 4.98 Å². The molecule has 0 saturated heterocycles. The molecule has 0 unspecified atom stereocenters. The molecule has 0 bridgehead atoms. The summed E-state index contributed by atoms with van der Waals surface area (Å²) < 4.78 is 5.21. The van der Waals surface area contributed by atoms with Crippen molar-refractivity contribution < 1.29 is 4.74 Å². The number of fused-ring (bicyclic) bond motifs is 1. The van der Waals surface area contributed by atoms with E-state index in [4.69, 9.17) is 27.9 Å². The van der Waals surface area contributed by atoms with Crippen molar-refractivity contribution in [3.8, 4) is 11.8 Å². The summed E-state index contributed by atoms with van der Waals surface area (Å²) in [6.07, 6.45) is 1.53. The lowest BCUT2D eigenvalue weighted by atomic mass is 10.1. The van der Waals surface area contributed by atoms with Gasteiger partial charge in [0.05, 0.1) is 33.9 Å². The minimum Gasteiger partial charge on any atom is -0.497 e. The lowest BCUT2D eigenvalue weighted by molar-refractivity contribution is 0.415. The van der Waals surface area contributed by atoms with Crippen molar-refractivity contribution in [2.45, 2.75) is 0 Å². The number of methoxy groups -OCH3 is 1. The topological polar surface area (TPSA) is 57.9 Å². The van der Waals surface area contributed by atoms with E-state index in [1.165, 1.54) is 6.20 Å². The van der Waals surface area contributed by atoms with Crippen LogP contribution in [0.15, 0.2) is 42.6 Å². The van der Waals surface area contributed by atoms with Gasteiger partial charge in [0.15, 0.2) is 0 Å². The Morgan fingerprint density at radius 1 is 1.13 bits per heavy atom. The number of nitrogens with one attached hydrogen (secondary N) is 1. The van der Waals surface area contributed by atoms with Crippen LogP contribution in [0.5, 0.6) is 5.75 Å². The van der Waals surface area contributed by atoms with Gasteiger partial charge in [-0.15, -0.1) is 0 Å². The van der Waals surface area contributed by atoms with Gasteiger partial charge < -0.3 is 10.1 Å². The molecule has 3 aromatic rings. The van der Waals surface area contributed by atoms with Crippen molar-refractivity contribution in [2.75, 3.05) is 12.4 Å². The zero-order chi connectivity index (χ0) is 16.4. The third-order valence-corrected chi connectivity index (χ3v) is 4.12. The van der Waals surface area contributed by atoms with E-state index in [-0.39, 0.29) is 0 Å². The summed E-state index contributed by atoms with van der Waals surface area (Å²) in [6, 6.07) is 12.9. The molecule has 1 heterocycles. The third-order valence-electron chi connectivity index (χ3n) is 3.39. The van der Waals surface area contributed by atoms with Crippen molar-refractivity contribution in [1.82, 2.24) is 4.98 Å². The predicted octanol–water partition coefficient (Wildman–Crippen LogP) is 5.17. The number of nitriles is 1. The van der Waals surface area contributed by atoms with E-state index in [1.807, 2.05) is 18.2 Å². The molecule has 0 amide bonds. The van der Waals surface area contributed by atoms with E-state index in [1.54, 1.807) is 25.3 Å². The molecule has 0 saturated carbocycles. The minimum absolute atomic E-state index is 0.439. The van der Waals surface area contributed by atoms with E-state index in [9.17, 15) is 5.26 Å². The summed E-state index contributed by atoms with van der Waals surface area (Å²) in [5.41, 5.74) is 2.57. The summed E-state index contributed by atoms with van der Waals surface area (Å²) in [6.45, 7) is 0. The molecule has 0 aliphatic carbocycles. The number of benzene rings is 2. The maximum atomic E-state index is 9.35. The molecule has 0 aliphatic heterocycles. The second kappa shape index (κ2) is 6.33. The summed E-state index contributed by atoms with van der Waals surface area (Å²) in [5, 5.41) is 14.3. The number of anilines is 2. The third kappa shape index (κ3) is 3.02. The average molecular weight is 344 g/mol. The van der Waals surface area contributed by atoms with Gasteiger partial charge in [0.2, 0.25) is 0 Å². The Hall–Kier alpha value is -2.48. The fourth-order valence-corrected chi connectivity index (χ4v) is 2.54. The highest BCUT2D eigenvalue weighted by atomic mass is 35.5. The first-order valence-corrected chi connectivity index (χ1v) is 7.47. The molecular formula is C17H11Cl2N3O. The van der Waals surface area contributed by atoms with Crippen molar-refractivity contribution in [3.05, 3.63) is 58.2 Å². The van der Waals surface area contributed by atoms with Crippen molar-refractivity contribution in [2.24, 2.45) is 0 Å². The molecule has 4 nitrogen and oxygen atoms in total. The quantitative estimate of drug-likeness (QED) is 0.712. The van der Waals surface area contributed by atoms with Crippen molar-refractivity contribution in [3.63, 3.8) is 0 Å². The number of aromatic nitrogens is 1. The monoisotopic (exact) mass is 343 g/mol. The molecule has 0 fully saturated rings. The molecular weight excluding hydrogens is 333 g/mol. The molecule has 1 aromatic heterocycles. The molecule has 6 heteroatoms. The predicted molar refractivity (Wildman–Crippen MR) is 92.8 cm³/mol. The van der Waals surface area contributed by atoms with Crippen molar-refractivity contribution >= 4 is 45.5 Å². The maximum absolute atomic E-state index is 9.35. The molecule has 0 radical (unpaired) electrons. The van der Waals surface area contributed by atoms with Gasteiger partial charge in [0.1, 0.15) is 11.8 Å². The van der Waals surface area contributed by atoms with E-state index in [0.717, 1.165) is 16.6 Å². The summed E-state index contributed by atoms with van der Waals surface area (Å²) in [5.74, 6) is 0.704. The Morgan fingerprint density at radius 3 is 2.65 bits per heavy atom. The number of hydrogen-bond acceptors (Lipinski definition) is 4. The van der Waals surface area contributed by atoms with Gasteiger partial charge >= 0.3 is 0 Å². The van der Waals surface area contributed by atoms with Crippen LogP contribution in [-0.2, 0) is 0 Å². The Morgan fingerprint density at radius 2 is 1.96 bits per heavy atom. The van der Waals surface area contributed by atoms with Crippen LogP contribution in [-0.4, -0.2) is 12.1 Å². The lowest BCUT2D eigenvalue weighted by Crippen LogP contribution is -1.97. The second-order valence-corrected chi connectivity index (χ2v) is 5.61. The number of ether oxygens (including phenoxy) is 1. The van der Waals surface area contributed by atoms with E-state index < -0.39 is 0 Å². The first-order valence-electron chi connectivity index (χ1n) is 6.71. The summed E-state index contributed by atoms with van der Waals surface area (Å²) >= 11 is 12.0. The van der Waals surface area contributed by atoms with E-state index >= 15 is 0 Å². The van der Waals surface area contributed by atoms with Crippen LogP contribution in [0.1, 0.15) is 5.56 Å². The van der Waals surface area contributed by atoms with E-state index in [2.05, 4.69) is 16.4 Å². The molecule has 0 aliphatic rings. The molecule has 3 rings (SSSR count). The Kier molecular flexibility index (Phi) is 4.24. The van der Waals surface area contributed by atoms with E-state index in [0.29, 0.717) is 27.0 Å². The van der Waals surface area contributed by atoms with Crippen LogP contribution in [0, 0.1) is 11.3 Å². The molecule has 114 valence electrons. The number of rotatable bonds is 3. The van der Waals surface area contributed by atoms with Crippen LogP contribution in [0.25, 0.3) is 10.9 Å². The summed E-state index contributed by atoms with van der Waals surface area (Å²) in [4.78, 5) is 4.30. The van der Waals surface area contributed by atoms with Gasteiger partial charge in [0, 0.05) is 23.3 Å². The van der Waals surface area contributed by atoms with Gasteiger partial charge in [-0.05, 0) is 30.3 Å². The molecule has 2 aromatic carbocycles. The second-order valence-electron chi connectivity index (χ2n) is 4.80. The Bertz CT molecular complexity index is 935. The first-order chi connectivity index (χ1) is 11.1. The van der Waals surface area contributed by atoms with Crippen LogP contribution < -0.4 is 10.1 Å². The first kappa shape index (κ1) is 15.4. The summed E-state index contributed by atoms with van der Waals surface area (Å²) in [7, 11) is 1.60. The van der Waals surface area contributed by atoms with Gasteiger partial charge in [0.25, 0.3) is 0 Å². The van der Waals surface area contributed by atoms with Crippen LogP contribution in [0.3, 0.4) is 0 Å². The molecule has 0 spiro atoms. The zero-order valence-corrected chi connectivity index (χ0v) is 13.6. The maximum Gasteiger partial charge on any atom is 0.121 e. The van der Waals surface area contributed by atoms with Gasteiger partial charge in [-0.25, -0.2) is 0 Å². The Balaban J connectivity index is 2.14. The SMILES string of the molecule is COc1ccc2c(Nc3ccc(Cl)c(Cl)c3)c(C#N)cnc2c1. The fraction of sp³-hybridized carbons (Fsp3) is 0.0588. The zero-order valence-electron chi connectivity index (χ0n) is 12.1. The average Bonchev–Trinajstić information content (AvgIpc) is 2.58. The largest absolute Gasteiger partial charge is 0.497 e. The normalized spacial score (nSPS) is 10.3. The molecule has 1 N–H and O–H groups in total. The van der Waals surface area contributed by atoms with Crippen LogP contribution >= 0.6 is 23.2 Å². The highest BCUT2D eigenvalue weighted by molar-refractivity contribution is 6.42. The highest BCUT2D eigenvalue weighted by Gasteiger charge is 2.11. The van der Waals surface area contributed by atoms with Crippen LogP contribution in [0.2, 0.25) is 10.0 Å². The van der Waals surface area contributed by atoms with Gasteiger partial charge in [-0.2, -0.15) is 5.26 Å². The number of halogens is 2. The number of hydrogen-bond donors (Lipinski definition) is 1. The van der Waals surface area contributed by atoms with Crippen LogP contribution in [0.4, 0.5) is 11.4 Å². The molecule has 23 heavy (non-hydrogen) atoms. The number of nitrogens with zero attached hydrogens (tertiary/aromatic N) is 2. The fourth-order valence-electron chi connectivity index (χ4n) is 2.24. The number of pyridine rings is 1. The highest BCUT2D eigenvalue weighted by Crippen LogP contribution is 2.32. The lowest BCUT2D eigenvalue weighted by Gasteiger charge is -2.12. The Labute approximate surface area is 143 Å². The molecule has 0 atom stereocenters. The minimum atomic E-state index is 0.439. The van der Waals surface area contributed by atoms with Crippen molar-refractivity contribution in [1.29, 1.82) is 5.26 Å². The standard InChI is InChI=1S/C17H11Cl2N3O/c1-23-12-3-4-13-16(7-12)21-9-10(8-20)17(13)22-11-2-5-14(18)15(19)6-11/h2-7,9H,1H3,(H,21,22). The van der Waals surface area contributed by atoms with Gasteiger partial charge in [-0.1, -0.05) is 23.2 Å². The smallest absolute Gasteiger partial charge is 0.121 e.